The fraction of sp³-hybridized carbons (Fsp3) is 0.200. The number of thiophene rings is 1. The average Bonchev–Trinajstić information content (AvgIpc) is 3.37. The molecule has 0 spiro atoms. The standard InChI is InChI=1S/C20H15N5S2/c1-11-9-16-23-24-20(25(16)14-7-3-2-5-12(11)14)27-19-17-13-6-4-8-15(13)26-18(17)21-10-22-19/h2-3,5,7,9-10H,4,6,8H2,1H3. The van der Waals surface area contributed by atoms with Gasteiger partial charge in [0.2, 0.25) is 5.16 Å². The fourth-order valence-corrected chi connectivity index (χ4v) is 6.26. The zero-order valence-electron chi connectivity index (χ0n) is 14.6. The second kappa shape index (κ2) is 5.74. The van der Waals surface area contributed by atoms with Gasteiger partial charge in [0.25, 0.3) is 0 Å². The van der Waals surface area contributed by atoms with Crippen molar-refractivity contribution in [1.82, 2.24) is 24.6 Å². The van der Waals surface area contributed by atoms with Gasteiger partial charge in [0.05, 0.1) is 5.52 Å². The van der Waals surface area contributed by atoms with Crippen molar-refractivity contribution >= 4 is 49.9 Å². The smallest absolute Gasteiger partial charge is 0.202 e. The predicted octanol–water partition coefficient (Wildman–Crippen LogP) is 4.84. The highest BCUT2D eigenvalue weighted by Crippen LogP contribution is 2.41. The third-order valence-electron chi connectivity index (χ3n) is 5.23. The number of fused-ring (bicyclic) bond motifs is 6. The number of aryl methyl sites for hydroxylation is 3. The molecular formula is C20H15N5S2. The van der Waals surface area contributed by atoms with Crippen LogP contribution in [0.3, 0.4) is 0 Å². The first-order valence-corrected chi connectivity index (χ1v) is 10.6. The molecule has 0 radical (unpaired) electrons. The Balaban J connectivity index is 1.58. The number of rotatable bonds is 2. The number of hydrogen-bond donors (Lipinski definition) is 0. The van der Waals surface area contributed by atoms with Crippen molar-refractivity contribution in [3.05, 3.63) is 52.7 Å². The molecular weight excluding hydrogens is 374 g/mol. The van der Waals surface area contributed by atoms with E-state index in [0.717, 1.165) is 39.0 Å². The zero-order chi connectivity index (χ0) is 18.0. The van der Waals surface area contributed by atoms with Gasteiger partial charge in [-0.25, -0.2) is 9.97 Å². The summed E-state index contributed by atoms with van der Waals surface area (Å²) in [5, 5.41) is 13.2. The molecule has 5 nitrogen and oxygen atoms in total. The fourth-order valence-electron chi connectivity index (χ4n) is 4.00. The van der Waals surface area contributed by atoms with Gasteiger partial charge in [-0.3, -0.25) is 4.40 Å². The van der Waals surface area contributed by atoms with Crippen molar-refractivity contribution in [2.75, 3.05) is 0 Å². The first-order valence-electron chi connectivity index (χ1n) is 8.96. The molecule has 7 heteroatoms. The van der Waals surface area contributed by atoms with Crippen LogP contribution in [0.5, 0.6) is 0 Å². The lowest BCUT2D eigenvalue weighted by atomic mass is 10.1. The first kappa shape index (κ1) is 15.5. The molecule has 0 atom stereocenters. The van der Waals surface area contributed by atoms with Crippen molar-refractivity contribution in [3.63, 3.8) is 0 Å². The molecule has 4 heterocycles. The van der Waals surface area contributed by atoms with E-state index in [1.165, 1.54) is 33.2 Å². The summed E-state index contributed by atoms with van der Waals surface area (Å²) in [6.07, 6.45) is 5.19. The Labute approximate surface area is 163 Å². The van der Waals surface area contributed by atoms with E-state index in [-0.39, 0.29) is 0 Å². The summed E-state index contributed by atoms with van der Waals surface area (Å²) in [6.45, 7) is 2.12. The Morgan fingerprint density at radius 1 is 1.11 bits per heavy atom. The van der Waals surface area contributed by atoms with E-state index < -0.39 is 0 Å². The maximum atomic E-state index is 4.61. The summed E-state index contributed by atoms with van der Waals surface area (Å²) in [5.74, 6) is 0. The van der Waals surface area contributed by atoms with Crippen LogP contribution in [0.2, 0.25) is 0 Å². The van der Waals surface area contributed by atoms with Crippen LogP contribution in [0.1, 0.15) is 22.4 Å². The lowest BCUT2D eigenvalue weighted by Gasteiger charge is -2.07. The summed E-state index contributed by atoms with van der Waals surface area (Å²) in [6, 6.07) is 10.5. The molecule has 6 rings (SSSR count). The lowest BCUT2D eigenvalue weighted by molar-refractivity contribution is 0.914. The number of nitrogens with zero attached hydrogens (tertiary/aromatic N) is 5. The molecule has 5 aromatic rings. The number of hydrogen-bond acceptors (Lipinski definition) is 6. The van der Waals surface area contributed by atoms with Gasteiger partial charge < -0.3 is 0 Å². The summed E-state index contributed by atoms with van der Waals surface area (Å²) < 4.78 is 2.13. The molecule has 0 unspecified atom stereocenters. The van der Waals surface area contributed by atoms with Gasteiger partial charge in [0, 0.05) is 15.6 Å². The minimum Gasteiger partial charge on any atom is -0.270 e. The molecule has 0 fully saturated rings. The molecule has 0 amide bonds. The van der Waals surface area contributed by atoms with Crippen LogP contribution in [0.4, 0.5) is 0 Å². The van der Waals surface area contributed by atoms with E-state index in [1.807, 2.05) is 11.3 Å². The number of pyridine rings is 1. The van der Waals surface area contributed by atoms with E-state index in [0.29, 0.717) is 0 Å². The SMILES string of the molecule is Cc1cc2nnc(Sc3ncnc4sc5c(c34)CCC5)n2c2ccccc12. The third-order valence-corrected chi connectivity index (χ3v) is 7.38. The summed E-state index contributed by atoms with van der Waals surface area (Å²) in [7, 11) is 0. The molecule has 0 bridgehead atoms. The van der Waals surface area contributed by atoms with Crippen LogP contribution in [0, 0.1) is 6.92 Å². The van der Waals surface area contributed by atoms with Crippen LogP contribution in [0.15, 0.2) is 46.8 Å². The Morgan fingerprint density at radius 2 is 2.04 bits per heavy atom. The van der Waals surface area contributed by atoms with Gasteiger partial charge in [0.15, 0.2) is 5.65 Å². The molecule has 1 aliphatic carbocycles. The average molecular weight is 390 g/mol. The van der Waals surface area contributed by atoms with Crippen molar-refractivity contribution in [2.45, 2.75) is 36.4 Å². The highest BCUT2D eigenvalue weighted by Gasteiger charge is 2.23. The van der Waals surface area contributed by atoms with E-state index in [2.05, 4.69) is 61.8 Å². The summed E-state index contributed by atoms with van der Waals surface area (Å²) >= 11 is 3.40. The number of aromatic nitrogens is 5. The summed E-state index contributed by atoms with van der Waals surface area (Å²) in [5.41, 5.74) is 4.64. The molecule has 0 aliphatic heterocycles. The Kier molecular flexibility index (Phi) is 3.30. The zero-order valence-corrected chi connectivity index (χ0v) is 16.3. The molecule has 1 aromatic carbocycles. The van der Waals surface area contributed by atoms with E-state index in [4.69, 9.17) is 0 Å². The minimum atomic E-state index is 0.846. The van der Waals surface area contributed by atoms with Crippen LogP contribution in [-0.2, 0) is 12.8 Å². The Morgan fingerprint density at radius 3 is 3.00 bits per heavy atom. The molecule has 132 valence electrons. The van der Waals surface area contributed by atoms with Crippen molar-refractivity contribution in [1.29, 1.82) is 0 Å². The van der Waals surface area contributed by atoms with Crippen molar-refractivity contribution in [2.24, 2.45) is 0 Å². The first-order chi connectivity index (χ1) is 13.3. The van der Waals surface area contributed by atoms with Gasteiger partial charge in [-0.1, -0.05) is 18.2 Å². The van der Waals surface area contributed by atoms with Gasteiger partial charge in [-0.2, -0.15) is 0 Å². The molecule has 0 N–H and O–H groups in total. The molecule has 0 saturated heterocycles. The Bertz CT molecular complexity index is 1350. The number of para-hydroxylation sites is 1. The largest absolute Gasteiger partial charge is 0.270 e. The van der Waals surface area contributed by atoms with Crippen LogP contribution >= 0.6 is 23.1 Å². The maximum Gasteiger partial charge on any atom is 0.202 e. The van der Waals surface area contributed by atoms with E-state index >= 15 is 0 Å². The number of benzene rings is 1. The monoisotopic (exact) mass is 389 g/mol. The molecule has 1 aliphatic rings. The van der Waals surface area contributed by atoms with Crippen LogP contribution in [-0.4, -0.2) is 24.6 Å². The quantitative estimate of drug-likeness (QED) is 0.405. The highest BCUT2D eigenvalue weighted by atomic mass is 32.2. The van der Waals surface area contributed by atoms with E-state index in [1.54, 1.807) is 18.1 Å². The molecule has 4 aromatic heterocycles. The summed E-state index contributed by atoms with van der Waals surface area (Å²) in [4.78, 5) is 11.7. The van der Waals surface area contributed by atoms with Gasteiger partial charge >= 0.3 is 0 Å². The van der Waals surface area contributed by atoms with Gasteiger partial charge in [-0.15, -0.1) is 21.5 Å². The van der Waals surface area contributed by atoms with Crippen molar-refractivity contribution < 1.29 is 0 Å². The second-order valence-corrected chi connectivity index (χ2v) is 8.88. The van der Waals surface area contributed by atoms with E-state index in [9.17, 15) is 0 Å². The minimum absolute atomic E-state index is 0.846. The van der Waals surface area contributed by atoms with Gasteiger partial charge in [-0.05, 0) is 61.2 Å². The predicted molar refractivity (Wildman–Crippen MR) is 109 cm³/mol. The normalized spacial score (nSPS) is 13.8. The van der Waals surface area contributed by atoms with Crippen LogP contribution in [0.25, 0.3) is 26.8 Å². The lowest BCUT2D eigenvalue weighted by Crippen LogP contribution is -1.94. The van der Waals surface area contributed by atoms with Crippen molar-refractivity contribution in [3.8, 4) is 0 Å². The third kappa shape index (κ3) is 2.25. The molecule has 0 saturated carbocycles. The van der Waals surface area contributed by atoms with Crippen LogP contribution < -0.4 is 0 Å². The topological polar surface area (TPSA) is 56.0 Å². The Hall–Kier alpha value is -2.51. The maximum absolute atomic E-state index is 4.61. The highest BCUT2D eigenvalue weighted by molar-refractivity contribution is 7.99. The molecule has 27 heavy (non-hydrogen) atoms. The second-order valence-electron chi connectivity index (χ2n) is 6.84. The van der Waals surface area contributed by atoms with Gasteiger partial charge in [0.1, 0.15) is 16.2 Å².